The topological polar surface area (TPSA) is 75.4 Å². The molecule has 7 heteroatoms. The van der Waals surface area contributed by atoms with Gasteiger partial charge in [0.2, 0.25) is 5.91 Å². The smallest absolute Gasteiger partial charge is 0.252 e. The van der Waals surface area contributed by atoms with Gasteiger partial charge in [-0.2, -0.15) is 10.1 Å². The molecule has 140 valence electrons. The monoisotopic (exact) mass is 364 g/mol. The van der Waals surface area contributed by atoms with Gasteiger partial charge in [0.15, 0.2) is 0 Å². The Kier molecular flexibility index (Phi) is 4.75. The molecular weight excluding hydrogens is 340 g/mol. The van der Waals surface area contributed by atoms with Gasteiger partial charge in [0, 0.05) is 42.6 Å². The average molecular weight is 364 g/mol. The number of rotatable bonds is 5. The number of aromatic nitrogens is 4. The predicted molar refractivity (Wildman–Crippen MR) is 104 cm³/mol. The van der Waals surface area contributed by atoms with E-state index in [-0.39, 0.29) is 5.91 Å². The van der Waals surface area contributed by atoms with Gasteiger partial charge >= 0.3 is 0 Å². The molecule has 27 heavy (non-hydrogen) atoms. The van der Waals surface area contributed by atoms with Gasteiger partial charge in [-0.3, -0.25) is 4.79 Å². The Labute approximate surface area is 158 Å². The van der Waals surface area contributed by atoms with Crippen molar-refractivity contribution in [1.82, 2.24) is 24.5 Å². The zero-order valence-corrected chi connectivity index (χ0v) is 15.7. The predicted octanol–water partition coefficient (Wildman–Crippen LogP) is 2.39. The number of carbonyl (C=O) groups is 1. The molecule has 3 aromatic rings. The van der Waals surface area contributed by atoms with E-state index in [9.17, 15) is 4.79 Å². The first-order valence-corrected chi connectivity index (χ1v) is 9.37. The third-order valence-electron chi connectivity index (χ3n) is 5.26. The Morgan fingerprint density at radius 2 is 2.07 bits per heavy atom. The molecule has 0 bridgehead atoms. The van der Waals surface area contributed by atoms with E-state index in [4.69, 9.17) is 0 Å². The molecule has 0 unspecified atom stereocenters. The molecule has 0 aliphatic carbocycles. The maximum Gasteiger partial charge on any atom is 0.252 e. The summed E-state index contributed by atoms with van der Waals surface area (Å²) < 4.78 is 1.74. The normalized spacial score (nSPS) is 16.8. The Balaban J connectivity index is 1.36. The van der Waals surface area contributed by atoms with Gasteiger partial charge in [0.05, 0.1) is 0 Å². The van der Waals surface area contributed by atoms with Crippen LogP contribution in [-0.2, 0) is 11.2 Å². The quantitative estimate of drug-likeness (QED) is 0.752. The molecular formula is C20H24N6O. The first kappa shape index (κ1) is 17.5. The molecule has 1 saturated heterocycles. The summed E-state index contributed by atoms with van der Waals surface area (Å²) in [6.07, 6.45) is 3.65. The van der Waals surface area contributed by atoms with E-state index in [1.807, 2.05) is 36.9 Å². The van der Waals surface area contributed by atoms with Gasteiger partial charge in [0.25, 0.3) is 5.78 Å². The lowest BCUT2D eigenvalue weighted by atomic mass is 10.1. The molecule has 1 aromatic carbocycles. The Morgan fingerprint density at radius 1 is 1.26 bits per heavy atom. The lowest BCUT2D eigenvalue weighted by Crippen LogP contribution is -2.31. The minimum atomic E-state index is 0.199. The molecule has 3 heterocycles. The average Bonchev–Trinajstić information content (AvgIpc) is 3.32. The maximum absolute atomic E-state index is 12.7. The Hall–Kier alpha value is -2.96. The van der Waals surface area contributed by atoms with Crippen molar-refractivity contribution in [3.05, 3.63) is 53.6 Å². The number of anilines is 1. The van der Waals surface area contributed by atoms with Crippen LogP contribution in [0, 0.1) is 13.8 Å². The van der Waals surface area contributed by atoms with Crippen LogP contribution in [0.15, 0.2) is 36.7 Å². The number of carbonyl (C=O) groups excluding carboxylic acids is 1. The SMILES string of the molecule is Cc1nc2ncnn2c(C)c1CCC(=O)N1CC[C@@H](Nc2ccccc2)C1. The number of aryl methyl sites for hydroxylation is 2. The highest BCUT2D eigenvalue weighted by atomic mass is 16.2. The van der Waals surface area contributed by atoms with E-state index in [2.05, 4.69) is 32.5 Å². The first-order chi connectivity index (χ1) is 13.1. The van der Waals surface area contributed by atoms with Crippen LogP contribution >= 0.6 is 0 Å². The summed E-state index contributed by atoms with van der Waals surface area (Å²) in [4.78, 5) is 23.3. The minimum absolute atomic E-state index is 0.199. The van der Waals surface area contributed by atoms with Crippen molar-refractivity contribution in [2.45, 2.75) is 39.2 Å². The van der Waals surface area contributed by atoms with E-state index in [1.54, 1.807) is 4.52 Å². The third kappa shape index (κ3) is 3.63. The number of hydrogen-bond donors (Lipinski definition) is 1. The highest BCUT2D eigenvalue weighted by molar-refractivity contribution is 5.77. The van der Waals surface area contributed by atoms with E-state index in [1.165, 1.54) is 6.33 Å². The molecule has 1 fully saturated rings. The van der Waals surface area contributed by atoms with Crippen molar-refractivity contribution < 1.29 is 4.79 Å². The summed E-state index contributed by atoms with van der Waals surface area (Å²) in [6.45, 7) is 5.54. The third-order valence-corrected chi connectivity index (χ3v) is 5.26. The lowest BCUT2D eigenvalue weighted by molar-refractivity contribution is -0.130. The fraction of sp³-hybridized carbons (Fsp3) is 0.400. The number of benzene rings is 1. The lowest BCUT2D eigenvalue weighted by Gasteiger charge is -2.18. The van der Waals surface area contributed by atoms with Crippen LogP contribution in [0.4, 0.5) is 5.69 Å². The van der Waals surface area contributed by atoms with Crippen LogP contribution in [0.3, 0.4) is 0 Å². The molecule has 1 atom stereocenters. The number of likely N-dealkylation sites (tertiary alicyclic amines) is 1. The maximum atomic E-state index is 12.7. The molecule has 1 aliphatic rings. The van der Waals surface area contributed by atoms with Gasteiger partial charge < -0.3 is 10.2 Å². The van der Waals surface area contributed by atoms with Crippen molar-refractivity contribution in [2.75, 3.05) is 18.4 Å². The fourth-order valence-electron chi connectivity index (χ4n) is 3.78. The summed E-state index contributed by atoms with van der Waals surface area (Å²) in [5, 5.41) is 7.73. The van der Waals surface area contributed by atoms with Gasteiger partial charge in [-0.25, -0.2) is 9.50 Å². The van der Waals surface area contributed by atoms with E-state index < -0.39 is 0 Å². The van der Waals surface area contributed by atoms with Crippen molar-refractivity contribution in [1.29, 1.82) is 0 Å². The Bertz CT molecular complexity index is 952. The van der Waals surface area contributed by atoms with Gasteiger partial charge in [-0.15, -0.1) is 0 Å². The van der Waals surface area contributed by atoms with E-state index >= 15 is 0 Å². The van der Waals surface area contributed by atoms with Crippen molar-refractivity contribution in [2.24, 2.45) is 0 Å². The van der Waals surface area contributed by atoms with Crippen LogP contribution in [0.5, 0.6) is 0 Å². The van der Waals surface area contributed by atoms with Gasteiger partial charge in [-0.05, 0) is 44.4 Å². The Morgan fingerprint density at radius 3 is 2.89 bits per heavy atom. The first-order valence-electron chi connectivity index (χ1n) is 9.37. The number of nitrogens with zero attached hydrogens (tertiary/aromatic N) is 5. The number of para-hydroxylation sites is 1. The summed E-state index contributed by atoms with van der Waals surface area (Å²) in [5.74, 6) is 0.805. The fourth-order valence-corrected chi connectivity index (χ4v) is 3.78. The van der Waals surface area contributed by atoms with Crippen LogP contribution in [0.25, 0.3) is 5.78 Å². The van der Waals surface area contributed by atoms with Crippen LogP contribution in [0.1, 0.15) is 29.8 Å². The molecule has 0 radical (unpaired) electrons. The molecule has 1 amide bonds. The van der Waals surface area contributed by atoms with Crippen LogP contribution in [-0.4, -0.2) is 49.5 Å². The highest BCUT2D eigenvalue weighted by Gasteiger charge is 2.26. The number of nitrogens with one attached hydrogen (secondary N) is 1. The van der Waals surface area contributed by atoms with Crippen LogP contribution in [0.2, 0.25) is 0 Å². The second kappa shape index (κ2) is 7.34. The number of amides is 1. The molecule has 7 nitrogen and oxygen atoms in total. The second-order valence-electron chi connectivity index (χ2n) is 7.07. The van der Waals surface area contributed by atoms with Crippen molar-refractivity contribution >= 4 is 17.4 Å². The van der Waals surface area contributed by atoms with Crippen molar-refractivity contribution in [3.63, 3.8) is 0 Å². The van der Waals surface area contributed by atoms with E-state index in [0.717, 1.165) is 42.1 Å². The molecule has 0 saturated carbocycles. The van der Waals surface area contributed by atoms with Gasteiger partial charge in [-0.1, -0.05) is 18.2 Å². The largest absolute Gasteiger partial charge is 0.380 e. The molecule has 1 N–H and O–H groups in total. The number of fused-ring (bicyclic) bond motifs is 1. The van der Waals surface area contributed by atoms with Crippen molar-refractivity contribution in [3.8, 4) is 0 Å². The van der Waals surface area contributed by atoms with E-state index in [0.29, 0.717) is 24.7 Å². The standard InChI is InChI=1S/C20H24N6O/c1-14-18(15(2)26-20(23-14)21-13-22-26)8-9-19(27)25-11-10-17(12-25)24-16-6-4-3-5-7-16/h3-7,13,17,24H,8-12H2,1-2H3/t17-/m1/s1. The molecule has 1 aliphatic heterocycles. The molecule has 4 rings (SSSR count). The molecule has 0 spiro atoms. The summed E-state index contributed by atoms with van der Waals surface area (Å²) in [5.41, 5.74) is 4.12. The minimum Gasteiger partial charge on any atom is -0.380 e. The highest BCUT2D eigenvalue weighted by Crippen LogP contribution is 2.19. The molecule has 2 aromatic heterocycles. The zero-order valence-electron chi connectivity index (χ0n) is 15.7. The summed E-state index contributed by atoms with van der Waals surface area (Å²) >= 11 is 0. The summed E-state index contributed by atoms with van der Waals surface area (Å²) in [6, 6.07) is 10.5. The zero-order chi connectivity index (χ0) is 18.8. The van der Waals surface area contributed by atoms with Gasteiger partial charge in [0.1, 0.15) is 6.33 Å². The second-order valence-corrected chi connectivity index (χ2v) is 7.07. The van der Waals surface area contributed by atoms with Crippen LogP contribution < -0.4 is 5.32 Å². The summed E-state index contributed by atoms with van der Waals surface area (Å²) in [7, 11) is 0. The number of hydrogen-bond acceptors (Lipinski definition) is 5.